The highest BCUT2D eigenvalue weighted by atomic mass is 16.2. The van der Waals surface area contributed by atoms with Crippen molar-refractivity contribution in [2.45, 2.75) is 39.7 Å². The molecule has 0 unspecified atom stereocenters. The maximum atomic E-state index is 11.8. The molecule has 1 aromatic heterocycles. The predicted octanol–water partition coefficient (Wildman–Crippen LogP) is 2.15. The van der Waals surface area contributed by atoms with E-state index < -0.39 is 0 Å². The van der Waals surface area contributed by atoms with E-state index in [1.165, 1.54) is 0 Å². The van der Waals surface area contributed by atoms with Crippen LogP contribution in [0.5, 0.6) is 0 Å². The van der Waals surface area contributed by atoms with Crippen LogP contribution in [0.15, 0.2) is 23.0 Å². The summed E-state index contributed by atoms with van der Waals surface area (Å²) in [5.41, 5.74) is 2.20. The maximum Gasteiger partial charge on any atom is 0.315 e. The van der Waals surface area contributed by atoms with Gasteiger partial charge in [-0.3, -0.25) is 4.79 Å². The molecule has 114 valence electrons. The van der Waals surface area contributed by atoms with Crippen molar-refractivity contribution in [3.63, 3.8) is 0 Å². The van der Waals surface area contributed by atoms with Gasteiger partial charge >= 0.3 is 6.03 Å². The monoisotopic (exact) mass is 289 g/mol. The third-order valence-corrected chi connectivity index (χ3v) is 3.85. The van der Waals surface area contributed by atoms with E-state index in [-0.39, 0.29) is 18.1 Å². The molecule has 0 saturated carbocycles. The SMILES string of the molecule is Cc1cc(C)c(CNC(=O)NC[C@@H]2CC=CCC2)c(=O)[nH]1. The van der Waals surface area contributed by atoms with Crippen LogP contribution in [0, 0.1) is 19.8 Å². The first-order valence-electron chi connectivity index (χ1n) is 7.42. The van der Waals surface area contributed by atoms with Crippen molar-refractivity contribution < 1.29 is 4.79 Å². The summed E-state index contributed by atoms with van der Waals surface area (Å²) in [6.45, 7) is 4.65. The molecule has 0 spiro atoms. The molecule has 0 radical (unpaired) electrons. The van der Waals surface area contributed by atoms with Gasteiger partial charge in [0.15, 0.2) is 0 Å². The Labute approximate surface area is 124 Å². The van der Waals surface area contributed by atoms with Gasteiger partial charge in [0.05, 0.1) is 6.54 Å². The number of aromatic nitrogens is 1. The molecule has 0 saturated heterocycles. The molecule has 3 N–H and O–H groups in total. The van der Waals surface area contributed by atoms with E-state index in [1.54, 1.807) is 0 Å². The summed E-state index contributed by atoms with van der Waals surface area (Å²) >= 11 is 0. The number of rotatable bonds is 4. The second-order valence-electron chi connectivity index (χ2n) is 5.66. The molecule has 0 bridgehead atoms. The normalized spacial score (nSPS) is 17.5. The minimum atomic E-state index is -0.219. The quantitative estimate of drug-likeness (QED) is 0.743. The molecule has 5 heteroatoms. The van der Waals surface area contributed by atoms with Gasteiger partial charge in [-0.05, 0) is 50.7 Å². The summed E-state index contributed by atoms with van der Waals surface area (Å²) in [6, 6.07) is 1.69. The standard InChI is InChI=1S/C16H23N3O2/c1-11-8-12(2)19-15(20)14(11)10-18-16(21)17-9-13-6-4-3-5-7-13/h3-4,8,13H,5-7,9-10H2,1-2H3,(H,19,20)(H2,17,18,21)/t13-/m1/s1. The Morgan fingerprint density at radius 1 is 1.33 bits per heavy atom. The van der Waals surface area contributed by atoms with Gasteiger partial charge in [-0.25, -0.2) is 4.79 Å². The summed E-state index contributed by atoms with van der Waals surface area (Å²) in [4.78, 5) is 26.4. The van der Waals surface area contributed by atoms with E-state index in [0.717, 1.165) is 30.5 Å². The second kappa shape index (κ2) is 7.11. The largest absolute Gasteiger partial charge is 0.338 e. The zero-order valence-corrected chi connectivity index (χ0v) is 12.7. The summed E-state index contributed by atoms with van der Waals surface area (Å²) in [6.07, 6.45) is 7.59. The molecular formula is C16H23N3O2. The van der Waals surface area contributed by atoms with Crippen molar-refractivity contribution in [2.75, 3.05) is 6.54 Å². The Hall–Kier alpha value is -2.04. The zero-order valence-electron chi connectivity index (χ0n) is 12.7. The number of aryl methyl sites for hydroxylation is 2. The molecule has 1 atom stereocenters. The smallest absolute Gasteiger partial charge is 0.315 e. The summed E-state index contributed by atoms with van der Waals surface area (Å²) < 4.78 is 0. The molecule has 2 rings (SSSR count). The minimum absolute atomic E-state index is 0.134. The van der Waals surface area contributed by atoms with E-state index in [1.807, 2.05) is 19.9 Å². The first-order chi connectivity index (χ1) is 10.1. The summed E-state index contributed by atoms with van der Waals surface area (Å²) in [5, 5.41) is 5.63. The number of carbonyl (C=O) groups is 1. The van der Waals surface area contributed by atoms with Crippen LogP contribution in [0.1, 0.15) is 36.1 Å². The predicted molar refractivity (Wildman–Crippen MR) is 83.3 cm³/mol. The lowest BCUT2D eigenvalue weighted by Gasteiger charge is -2.18. The van der Waals surface area contributed by atoms with E-state index in [9.17, 15) is 9.59 Å². The average molecular weight is 289 g/mol. The van der Waals surface area contributed by atoms with Crippen LogP contribution in [-0.2, 0) is 6.54 Å². The second-order valence-corrected chi connectivity index (χ2v) is 5.66. The van der Waals surface area contributed by atoms with Gasteiger partial charge in [-0.2, -0.15) is 0 Å². The molecule has 1 heterocycles. The van der Waals surface area contributed by atoms with Crippen molar-refractivity contribution >= 4 is 6.03 Å². The van der Waals surface area contributed by atoms with Gasteiger partial charge in [0.1, 0.15) is 0 Å². The van der Waals surface area contributed by atoms with Gasteiger partial charge in [-0.15, -0.1) is 0 Å². The highest BCUT2D eigenvalue weighted by Gasteiger charge is 2.12. The zero-order chi connectivity index (χ0) is 15.2. The summed E-state index contributed by atoms with van der Waals surface area (Å²) in [7, 11) is 0. The first-order valence-corrected chi connectivity index (χ1v) is 7.42. The van der Waals surface area contributed by atoms with Crippen molar-refractivity contribution in [2.24, 2.45) is 5.92 Å². The van der Waals surface area contributed by atoms with Crippen molar-refractivity contribution in [1.82, 2.24) is 15.6 Å². The Kier molecular flexibility index (Phi) is 5.20. The Morgan fingerprint density at radius 3 is 2.81 bits per heavy atom. The molecule has 2 amide bonds. The third kappa shape index (κ3) is 4.48. The molecule has 1 aromatic rings. The molecule has 0 aliphatic heterocycles. The van der Waals surface area contributed by atoms with Crippen LogP contribution in [0.3, 0.4) is 0 Å². The topological polar surface area (TPSA) is 74.0 Å². The average Bonchev–Trinajstić information content (AvgIpc) is 2.45. The third-order valence-electron chi connectivity index (χ3n) is 3.85. The lowest BCUT2D eigenvalue weighted by atomic mass is 9.94. The van der Waals surface area contributed by atoms with Crippen molar-refractivity contribution in [3.8, 4) is 0 Å². The summed E-state index contributed by atoms with van der Waals surface area (Å²) in [5.74, 6) is 0.519. The fourth-order valence-electron chi connectivity index (χ4n) is 2.61. The van der Waals surface area contributed by atoms with Gasteiger partial charge in [-0.1, -0.05) is 12.2 Å². The highest BCUT2D eigenvalue weighted by molar-refractivity contribution is 5.73. The lowest BCUT2D eigenvalue weighted by molar-refractivity contribution is 0.238. The fraction of sp³-hybridized carbons (Fsp3) is 0.500. The molecule has 0 fully saturated rings. The maximum absolute atomic E-state index is 11.8. The van der Waals surface area contributed by atoms with Gasteiger partial charge in [0.25, 0.3) is 5.56 Å². The van der Waals surface area contributed by atoms with Crippen LogP contribution in [0.2, 0.25) is 0 Å². The van der Waals surface area contributed by atoms with Gasteiger partial charge in [0, 0.05) is 17.8 Å². The molecule has 0 aromatic carbocycles. The van der Waals surface area contributed by atoms with Crippen LogP contribution >= 0.6 is 0 Å². The van der Waals surface area contributed by atoms with Gasteiger partial charge in [0.2, 0.25) is 0 Å². The number of allylic oxidation sites excluding steroid dienone is 2. The Bertz CT molecular complexity index is 590. The molecule has 1 aliphatic rings. The number of pyridine rings is 1. The lowest BCUT2D eigenvalue weighted by Crippen LogP contribution is -2.39. The van der Waals surface area contributed by atoms with Crippen LogP contribution in [0.25, 0.3) is 0 Å². The molecule has 1 aliphatic carbocycles. The molecule has 5 nitrogen and oxygen atoms in total. The molecule has 21 heavy (non-hydrogen) atoms. The van der Waals surface area contributed by atoms with Crippen molar-refractivity contribution in [1.29, 1.82) is 0 Å². The van der Waals surface area contributed by atoms with Crippen LogP contribution < -0.4 is 16.2 Å². The first kappa shape index (κ1) is 15.4. The van der Waals surface area contributed by atoms with E-state index >= 15 is 0 Å². The fourth-order valence-corrected chi connectivity index (χ4v) is 2.61. The number of urea groups is 1. The van der Waals surface area contributed by atoms with Crippen LogP contribution in [0.4, 0.5) is 4.79 Å². The Balaban J connectivity index is 1.81. The van der Waals surface area contributed by atoms with Crippen LogP contribution in [-0.4, -0.2) is 17.6 Å². The minimum Gasteiger partial charge on any atom is -0.338 e. The van der Waals surface area contributed by atoms with E-state index in [4.69, 9.17) is 0 Å². The Morgan fingerprint density at radius 2 is 2.14 bits per heavy atom. The van der Waals surface area contributed by atoms with Gasteiger partial charge < -0.3 is 15.6 Å². The van der Waals surface area contributed by atoms with E-state index in [2.05, 4.69) is 27.8 Å². The number of aromatic amines is 1. The van der Waals surface area contributed by atoms with Crippen molar-refractivity contribution in [3.05, 3.63) is 45.4 Å². The molecular weight excluding hydrogens is 266 g/mol. The van der Waals surface area contributed by atoms with E-state index in [0.29, 0.717) is 18.0 Å². The number of amides is 2. The number of hydrogen-bond acceptors (Lipinski definition) is 2. The number of nitrogens with one attached hydrogen (secondary N) is 3. The highest BCUT2D eigenvalue weighted by Crippen LogP contribution is 2.16. The number of H-pyrrole nitrogens is 1. The number of hydrogen-bond donors (Lipinski definition) is 3. The number of carbonyl (C=O) groups excluding carboxylic acids is 1.